The van der Waals surface area contributed by atoms with E-state index in [4.69, 9.17) is 23.2 Å². The third-order valence-electron chi connectivity index (χ3n) is 8.94. The Balaban J connectivity index is 1.25. The molecule has 0 saturated carbocycles. The molecule has 0 radical (unpaired) electrons. The number of carbonyl (C=O) groups excluding carboxylic acids is 1. The fraction of sp³-hybridized carbons (Fsp3) is 0.552. The second-order valence-corrected chi connectivity index (χ2v) is 14.2. The number of halogens is 2. The first kappa shape index (κ1) is 27.9. The summed E-state index contributed by atoms with van der Waals surface area (Å²) in [6.45, 7) is 5.81. The van der Waals surface area contributed by atoms with E-state index < -0.39 is 10.0 Å². The number of sulfonamides is 1. The Bertz CT molecular complexity index is 1240. The molecule has 3 saturated heterocycles. The van der Waals surface area contributed by atoms with Crippen molar-refractivity contribution >= 4 is 39.1 Å². The maximum absolute atomic E-state index is 13.4. The first-order valence-electron chi connectivity index (χ1n) is 13.6. The number of benzene rings is 2. The van der Waals surface area contributed by atoms with Crippen molar-refractivity contribution in [3.63, 3.8) is 0 Å². The average Bonchev–Trinajstić information content (AvgIpc) is 2.89. The molecule has 1 amide bonds. The van der Waals surface area contributed by atoms with E-state index in [1.165, 1.54) is 6.26 Å². The summed E-state index contributed by atoms with van der Waals surface area (Å²) >= 11 is 12.7. The van der Waals surface area contributed by atoms with Crippen LogP contribution in [-0.4, -0.2) is 80.5 Å². The van der Waals surface area contributed by atoms with Gasteiger partial charge >= 0.3 is 0 Å². The van der Waals surface area contributed by atoms with Crippen LogP contribution in [-0.2, 0) is 15.4 Å². The van der Waals surface area contributed by atoms with E-state index in [1.807, 2.05) is 47.4 Å². The van der Waals surface area contributed by atoms with Gasteiger partial charge in [0.1, 0.15) is 0 Å². The Morgan fingerprint density at radius 1 is 0.974 bits per heavy atom. The minimum absolute atomic E-state index is 0.0826. The van der Waals surface area contributed by atoms with Crippen molar-refractivity contribution in [2.24, 2.45) is 11.8 Å². The Morgan fingerprint density at radius 2 is 1.68 bits per heavy atom. The highest BCUT2D eigenvalue weighted by molar-refractivity contribution is 7.88. The van der Waals surface area contributed by atoms with E-state index in [-0.39, 0.29) is 11.3 Å². The summed E-state index contributed by atoms with van der Waals surface area (Å²) in [5, 5.41) is 1.10. The van der Waals surface area contributed by atoms with Crippen molar-refractivity contribution in [1.82, 2.24) is 14.1 Å². The van der Waals surface area contributed by atoms with Gasteiger partial charge in [-0.25, -0.2) is 12.7 Å². The van der Waals surface area contributed by atoms with Crippen LogP contribution >= 0.6 is 23.2 Å². The predicted molar refractivity (Wildman–Crippen MR) is 153 cm³/mol. The summed E-state index contributed by atoms with van der Waals surface area (Å²) in [7, 11) is -3.09. The lowest BCUT2D eigenvalue weighted by atomic mass is 9.71. The van der Waals surface area contributed by atoms with Gasteiger partial charge in [-0.1, -0.05) is 47.5 Å². The van der Waals surface area contributed by atoms with Crippen molar-refractivity contribution in [2.75, 3.05) is 52.1 Å². The number of hydrogen-bond donors (Lipinski definition) is 0. The molecular weight excluding hydrogens is 541 g/mol. The third-order valence-corrected chi connectivity index (χ3v) is 11.0. The topological polar surface area (TPSA) is 60.9 Å². The molecule has 5 rings (SSSR count). The molecular formula is C29H37Cl2N3O3S. The number of likely N-dealkylation sites (tertiary alicyclic amines) is 2. The Kier molecular flexibility index (Phi) is 8.42. The summed E-state index contributed by atoms with van der Waals surface area (Å²) in [6.07, 6.45) is 6.11. The van der Waals surface area contributed by atoms with Crippen LogP contribution in [0.3, 0.4) is 0 Å². The molecule has 3 fully saturated rings. The van der Waals surface area contributed by atoms with Crippen LogP contribution in [0.25, 0.3) is 0 Å². The Morgan fingerprint density at radius 3 is 2.34 bits per heavy atom. The maximum atomic E-state index is 13.4. The van der Waals surface area contributed by atoms with E-state index in [2.05, 4.69) is 11.0 Å². The second kappa shape index (κ2) is 11.5. The fourth-order valence-electron chi connectivity index (χ4n) is 6.62. The number of hydrogen-bond acceptors (Lipinski definition) is 4. The lowest BCUT2D eigenvalue weighted by Crippen LogP contribution is -2.54. The van der Waals surface area contributed by atoms with Crippen molar-refractivity contribution < 1.29 is 13.2 Å². The molecule has 3 aliphatic rings. The molecule has 38 heavy (non-hydrogen) atoms. The third kappa shape index (κ3) is 6.07. The fourth-order valence-corrected chi connectivity index (χ4v) is 7.79. The van der Waals surface area contributed by atoms with E-state index in [0.29, 0.717) is 41.5 Å². The molecule has 3 aliphatic heterocycles. The highest BCUT2D eigenvalue weighted by Gasteiger charge is 2.41. The van der Waals surface area contributed by atoms with Crippen LogP contribution in [0.2, 0.25) is 10.0 Å². The van der Waals surface area contributed by atoms with Gasteiger partial charge in [0, 0.05) is 50.2 Å². The molecule has 0 N–H and O–H groups in total. The summed E-state index contributed by atoms with van der Waals surface area (Å²) in [4.78, 5) is 17.9. The van der Waals surface area contributed by atoms with Gasteiger partial charge in [-0.15, -0.1) is 0 Å². The first-order chi connectivity index (χ1) is 18.1. The molecule has 6 nitrogen and oxygen atoms in total. The summed E-state index contributed by atoms with van der Waals surface area (Å²) < 4.78 is 25.3. The van der Waals surface area contributed by atoms with Gasteiger partial charge in [0.15, 0.2) is 0 Å². The van der Waals surface area contributed by atoms with Crippen molar-refractivity contribution in [3.8, 4) is 0 Å². The number of amides is 1. The normalized spacial score (nSPS) is 24.3. The largest absolute Gasteiger partial charge is 0.338 e. The highest BCUT2D eigenvalue weighted by atomic mass is 35.5. The summed E-state index contributed by atoms with van der Waals surface area (Å²) in [5.74, 6) is 1.32. The van der Waals surface area contributed by atoms with Gasteiger partial charge in [0.05, 0.1) is 16.3 Å². The lowest BCUT2D eigenvalue weighted by Gasteiger charge is -2.48. The van der Waals surface area contributed by atoms with Crippen molar-refractivity contribution in [1.29, 1.82) is 0 Å². The number of piperidine rings is 2. The van der Waals surface area contributed by atoms with E-state index in [0.717, 1.165) is 69.4 Å². The molecule has 0 spiro atoms. The zero-order chi connectivity index (χ0) is 26.9. The van der Waals surface area contributed by atoms with Gasteiger partial charge in [-0.2, -0.15) is 0 Å². The highest BCUT2D eigenvalue weighted by Crippen LogP contribution is 2.41. The molecule has 0 bridgehead atoms. The van der Waals surface area contributed by atoms with Gasteiger partial charge in [-0.3, -0.25) is 4.79 Å². The quantitative estimate of drug-likeness (QED) is 0.456. The molecule has 3 heterocycles. The molecule has 2 aromatic carbocycles. The molecule has 0 aliphatic carbocycles. The second-order valence-electron chi connectivity index (χ2n) is 11.4. The Hall–Kier alpha value is -1.64. The standard InChI is InChI=1S/C29H37Cl2N3O3S/c1-38(36,37)34-15-10-22(11-16-34)24-19-32(20-24)17-13-29(25-8-9-26(30)27(31)18-25)12-5-14-33(21-29)28(35)23-6-3-2-4-7-23/h2-4,6-9,18,22,24H,5,10-17,19-21H2,1H3/t29-/m1/s1. The summed E-state index contributed by atoms with van der Waals surface area (Å²) in [5.41, 5.74) is 1.70. The number of rotatable bonds is 7. The van der Waals surface area contributed by atoms with Crippen molar-refractivity contribution in [2.45, 2.75) is 37.5 Å². The van der Waals surface area contributed by atoms with Gasteiger partial charge in [-0.05, 0) is 80.3 Å². The lowest BCUT2D eigenvalue weighted by molar-refractivity contribution is 0.0259. The molecule has 9 heteroatoms. The van der Waals surface area contributed by atoms with Gasteiger partial charge < -0.3 is 9.80 Å². The van der Waals surface area contributed by atoms with Gasteiger partial charge in [0.2, 0.25) is 10.0 Å². The first-order valence-corrected chi connectivity index (χ1v) is 16.2. The molecule has 0 unspecified atom stereocenters. The molecule has 2 aromatic rings. The summed E-state index contributed by atoms with van der Waals surface area (Å²) in [6, 6.07) is 15.5. The van der Waals surface area contributed by atoms with E-state index >= 15 is 0 Å². The predicted octanol–water partition coefficient (Wildman–Crippen LogP) is 5.16. The minimum atomic E-state index is -3.09. The molecule has 0 aromatic heterocycles. The van der Waals surface area contributed by atoms with Crippen LogP contribution in [0.5, 0.6) is 0 Å². The number of nitrogens with zero attached hydrogens (tertiary/aromatic N) is 3. The van der Waals surface area contributed by atoms with Crippen molar-refractivity contribution in [3.05, 3.63) is 69.7 Å². The number of carbonyl (C=O) groups is 1. The minimum Gasteiger partial charge on any atom is -0.338 e. The zero-order valence-corrected chi connectivity index (χ0v) is 24.3. The Labute approximate surface area is 236 Å². The zero-order valence-electron chi connectivity index (χ0n) is 22.0. The smallest absolute Gasteiger partial charge is 0.253 e. The van der Waals surface area contributed by atoms with Crippen LogP contribution in [0.15, 0.2) is 48.5 Å². The van der Waals surface area contributed by atoms with E-state index in [1.54, 1.807) is 4.31 Å². The monoisotopic (exact) mass is 577 g/mol. The average molecular weight is 579 g/mol. The van der Waals surface area contributed by atoms with Crippen LogP contribution in [0, 0.1) is 11.8 Å². The molecule has 1 atom stereocenters. The van der Waals surface area contributed by atoms with Crippen LogP contribution in [0.1, 0.15) is 48.0 Å². The molecule has 206 valence electrons. The van der Waals surface area contributed by atoms with E-state index in [9.17, 15) is 13.2 Å². The van der Waals surface area contributed by atoms with Gasteiger partial charge in [0.25, 0.3) is 5.91 Å². The maximum Gasteiger partial charge on any atom is 0.253 e. The van der Waals surface area contributed by atoms with Crippen LogP contribution in [0.4, 0.5) is 0 Å². The SMILES string of the molecule is CS(=O)(=O)N1CCC(C2CN(CC[C@]3(c4ccc(Cl)c(Cl)c4)CCCN(C(=O)c4ccccc4)C3)C2)CC1. The van der Waals surface area contributed by atoms with Crippen LogP contribution < -0.4 is 0 Å².